The molecule has 0 N–H and O–H groups in total. The average Bonchev–Trinajstić information content (AvgIpc) is 3.08. The average molecular weight is 370 g/mol. The third-order valence-corrected chi connectivity index (χ3v) is 5.10. The molecule has 1 aliphatic heterocycles. The van der Waals surface area contributed by atoms with E-state index >= 15 is 0 Å². The van der Waals surface area contributed by atoms with E-state index < -0.39 is 5.60 Å². The molecule has 140 valence electrons. The van der Waals surface area contributed by atoms with Crippen LogP contribution >= 0.6 is 0 Å². The number of rotatable bonds is 6. The number of carbonyl (C=O) groups excluding carboxylic acids is 1. The van der Waals surface area contributed by atoms with Crippen LogP contribution in [0, 0.1) is 0 Å². The zero-order valence-electron chi connectivity index (χ0n) is 15.7. The zero-order valence-corrected chi connectivity index (χ0v) is 15.7. The van der Waals surface area contributed by atoms with Crippen LogP contribution in [0.4, 0.5) is 0 Å². The van der Waals surface area contributed by atoms with Gasteiger partial charge in [0.15, 0.2) is 0 Å². The van der Waals surface area contributed by atoms with Crippen molar-refractivity contribution in [2.75, 3.05) is 6.61 Å². The maximum absolute atomic E-state index is 11.6. The summed E-state index contributed by atoms with van der Waals surface area (Å²) in [5, 5.41) is 0. The Hall–Kier alpha value is -3.17. The van der Waals surface area contributed by atoms with Gasteiger partial charge >= 0.3 is 5.97 Å². The highest BCUT2D eigenvalue weighted by Crippen LogP contribution is 2.40. The van der Waals surface area contributed by atoms with Crippen LogP contribution < -0.4 is 0 Å². The first-order chi connectivity index (χ1) is 13.7. The van der Waals surface area contributed by atoms with E-state index in [1.807, 2.05) is 61.5 Å². The third-order valence-electron chi connectivity index (χ3n) is 5.10. The van der Waals surface area contributed by atoms with Gasteiger partial charge in [0.2, 0.25) is 0 Å². The molecule has 3 aromatic carbocycles. The first-order valence-electron chi connectivity index (χ1n) is 9.39. The molecular weight excluding hydrogens is 348 g/mol. The first kappa shape index (κ1) is 18.2. The third kappa shape index (κ3) is 3.37. The van der Waals surface area contributed by atoms with Gasteiger partial charge in [-0.15, -0.1) is 0 Å². The SMILES string of the molecule is CC1=CC(=O)O[C@@H]1COC(c1ccccc1)(c1ccccc1)c1ccccc1. The summed E-state index contributed by atoms with van der Waals surface area (Å²) in [6, 6.07) is 30.5. The molecule has 0 radical (unpaired) electrons. The van der Waals surface area contributed by atoms with Crippen molar-refractivity contribution < 1.29 is 14.3 Å². The predicted octanol–water partition coefficient (Wildman–Crippen LogP) is 4.87. The van der Waals surface area contributed by atoms with Crippen LogP contribution in [0.1, 0.15) is 23.6 Å². The molecule has 4 rings (SSSR count). The second-order valence-corrected chi connectivity index (χ2v) is 6.90. The summed E-state index contributed by atoms with van der Waals surface area (Å²) in [6.45, 7) is 2.17. The van der Waals surface area contributed by atoms with Crippen molar-refractivity contribution in [3.63, 3.8) is 0 Å². The number of carbonyl (C=O) groups is 1. The van der Waals surface area contributed by atoms with Crippen molar-refractivity contribution in [3.05, 3.63) is 119 Å². The van der Waals surface area contributed by atoms with Crippen LogP contribution in [0.2, 0.25) is 0 Å². The molecule has 0 aliphatic carbocycles. The van der Waals surface area contributed by atoms with Gasteiger partial charge in [-0.1, -0.05) is 91.0 Å². The smallest absolute Gasteiger partial charge is 0.331 e. The lowest BCUT2D eigenvalue weighted by atomic mass is 9.80. The van der Waals surface area contributed by atoms with Crippen molar-refractivity contribution in [1.82, 2.24) is 0 Å². The maximum Gasteiger partial charge on any atom is 0.331 e. The molecule has 0 saturated carbocycles. The molecule has 0 bridgehead atoms. The number of ether oxygens (including phenoxy) is 2. The molecule has 0 spiro atoms. The quantitative estimate of drug-likeness (QED) is 0.459. The molecule has 3 aromatic rings. The van der Waals surface area contributed by atoms with Gasteiger partial charge < -0.3 is 9.47 Å². The lowest BCUT2D eigenvalue weighted by Crippen LogP contribution is -2.36. The Labute approximate surface area is 165 Å². The molecule has 0 amide bonds. The standard InChI is InChI=1S/C25H22O3/c1-19-17-24(26)28-23(19)18-27-25(20-11-5-2-6-12-20,21-13-7-3-8-14-21)22-15-9-4-10-16-22/h2-17,23H,18H2,1H3/t23-/m1/s1. The highest BCUT2D eigenvalue weighted by atomic mass is 16.6. The monoisotopic (exact) mass is 370 g/mol. The molecule has 0 unspecified atom stereocenters. The molecule has 1 heterocycles. The van der Waals surface area contributed by atoms with Crippen molar-refractivity contribution >= 4 is 5.97 Å². The topological polar surface area (TPSA) is 35.5 Å². The van der Waals surface area contributed by atoms with E-state index in [9.17, 15) is 4.79 Å². The summed E-state index contributed by atoms with van der Waals surface area (Å²) in [4.78, 5) is 11.6. The van der Waals surface area contributed by atoms with Crippen LogP contribution in [0.25, 0.3) is 0 Å². The van der Waals surface area contributed by atoms with Crippen LogP contribution in [0.3, 0.4) is 0 Å². The van der Waals surface area contributed by atoms with Crippen molar-refractivity contribution in [2.24, 2.45) is 0 Å². The second kappa shape index (κ2) is 7.83. The molecular formula is C25H22O3. The number of cyclic esters (lactones) is 1. The van der Waals surface area contributed by atoms with E-state index in [0.717, 1.165) is 22.3 Å². The van der Waals surface area contributed by atoms with Crippen molar-refractivity contribution in [3.8, 4) is 0 Å². The van der Waals surface area contributed by atoms with Crippen molar-refractivity contribution in [1.29, 1.82) is 0 Å². The lowest BCUT2D eigenvalue weighted by molar-refractivity contribution is -0.142. The Bertz CT molecular complexity index is 866. The Morgan fingerprint density at radius 1 is 0.786 bits per heavy atom. The van der Waals surface area contributed by atoms with Crippen LogP contribution in [0.15, 0.2) is 103 Å². The second-order valence-electron chi connectivity index (χ2n) is 6.90. The van der Waals surface area contributed by atoms with E-state index in [1.165, 1.54) is 6.08 Å². The summed E-state index contributed by atoms with van der Waals surface area (Å²) in [5.41, 5.74) is 3.15. The van der Waals surface area contributed by atoms with Gasteiger partial charge in [-0.3, -0.25) is 0 Å². The zero-order chi connectivity index (χ0) is 19.4. The Kier molecular flexibility index (Phi) is 5.09. The van der Waals surface area contributed by atoms with Gasteiger partial charge in [0, 0.05) is 6.08 Å². The Balaban J connectivity index is 1.84. The van der Waals surface area contributed by atoms with Gasteiger partial charge in [0.05, 0.1) is 6.61 Å². The summed E-state index contributed by atoms with van der Waals surface area (Å²) in [7, 11) is 0. The molecule has 1 atom stereocenters. The molecule has 1 aliphatic rings. The van der Waals surface area contributed by atoms with Gasteiger partial charge in [0.1, 0.15) is 11.7 Å². The minimum Gasteiger partial charge on any atom is -0.452 e. The fourth-order valence-electron chi connectivity index (χ4n) is 3.68. The maximum atomic E-state index is 11.6. The Morgan fingerprint density at radius 3 is 1.57 bits per heavy atom. The summed E-state index contributed by atoms with van der Waals surface area (Å²) in [5.74, 6) is -0.309. The van der Waals surface area contributed by atoms with E-state index in [-0.39, 0.29) is 18.7 Å². The fourth-order valence-corrected chi connectivity index (χ4v) is 3.68. The predicted molar refractivity (Wildman–Crippen MR) is 109 cm³/mol. The van der Waals surface area contributed by atoms with Gasteiger partial charge in [-0.2, -0.15) is 0 Å². The summed E-state index contributed by atoms with van der Waals surface area (Å²) >= 11 is 0. The molecule has 3 nitrogen and oxygen atoms in total. The minimum atomic E-state index is -0.806. The molecule has 0 fully saturated rings. The lowest BCUT2D eigenvalue weighted by Gasteiger charge is -2.36. The van der Waals surface area contributed by atoms with Gasteiger partial charge in [-0.05, 0) is 29.2 Å². The Morgan fingerprint density at radius 2 is 1.21 bits per heavy atom. The van der Waals surface area contributed by atoms with E-state index in [4.69, 9.17) is 9.47 Å². The van der Waals surface area contributed by atoms with Crippen LogP contribution in [0.5, 0.6) is 0 Å². The molecule has 28 heavy (non-hydrogen) atoms. The van der Waals surface area contributed by atoms with E-state index in [2.05, 4.69) is 36.4 Å². The number of esters is 1. The summed E-state index contributed by atoms with van der Waals surface area (Å²) in [6.07, 6.45) is 1.16. The molecule has 0 saturated heterocycles. The largest absolute Gasteiger partial charge is 0.452 e. The van der Waals surface area contributed by atoms with Gasteiger partial charge in [0.25, 0.3) is 0 Å². The first-order valence-corrected chi connectivity index (χ1v) is 9.39. The van der Waals surface area contributed by atoms with E-state index in [0.29, 0.717) is 0 Å². The number of benzene rings is 3. The van der Waals surface area contributed by atoms with Crippen molar-refractivity contribution in [2.45, 2.75) is 18.6 Å². The number of hydrogen-bond acceptors (Lipinski definition) is 3. The van der Waals surface area contributed by atoms with E-state index in [1.54, 1.807) is 0 Å². The fraction of sp³-hybridized carbons (Fsp3) is 0.160. The van der Waals surface area contributed by atoms with Crippen LogP contribution in [-0.4, -0.2) is 18.7 Å². The van der Waals surface area contributed by atoms with Gasteiger partial charge in [-0.25, -0.2) is 4.79 Å². The highest BCUT2D eigenvalue weighted by molar-refractivity contribution is 5.85. The summed E-state index contributed by atoms with van der Waals surface area (Å²) < 4.78 is 12.1. The van der Waals surface area contributed by atoms with Crippen LogP contribution in [-0.2, 0) is 19.9 Å². The minimum absolute atomic E-state index is 0.271. The highest BCUT2D eigenvalue weighted by Gasteiger charge is 2.39. The molecule has 3 heteroatoms. The number of hydrogen-bond donors (Lipinski definition) is 0. The molecule has 0 aromatic heterocycles. The normalized spacial score (nSPS) is 16.5.